The summed E-state index contributed by atoms with van der Waals surface area (Å²) in [4.78, 5) is 11.1. The lowest BCUT2D eigenvalue weighted by atomic mass is 10.1. The molecular weight excluding hydrogens is 198 g/mol. The number of rotatable bonds is 2. The first kappa shape index (κ1) is 10.1. The molecule has 0 unspecified atom stereocenters. The van der Waals surface area contributed by atoms with E-state index in [1.165, 1.54) is 0 Å². The van der Waals surface area contributed by atoms with Gasteiger partial charge in [0.05, 0.1) is 10.6 Å². The summed E-state index contributed by atoms with van der Waals surface area (Å²) in [5, 5.41) is -0.177. The van der Waals surface area contributed by atoms with Crippen LogP contribution in [-0.2, 0) is 0 Å². The van der Waals surface area contributed by atoms with Gasteiger partial charge in [-0.25, -0.2) is 8.78 Å². The summed E-state index contributed by atoms with van der Waals surface area (Å²) in [5.74, 6) is -2.12. The van der Waals surface area contributed by atoms with E-state index in [9.17, 15) is 13.6 Å². The van der Waals surface area contributed by atoms with Crippen LogP contribution >= 0.6 is 11.6 Å². The average molecular weight is 205 g/mol. The number of hydrogen-bond donors (Lipinski definition) is 0. The molecule has 0 heterocycles. The van der Waals surface area contributed by atoms with Crippen molar-refractivity contribution in [3.05, 3.63) is 34.4 Å². The van der Waals surface area contributed by atoms with E-state index in [1.807, 2.05) is 0 Å². The van der Waals surface area contributed by atoms with Gasteiger partial charge in [0.25, 0.3) is 0 Å². The van der Waals surface area contributed by atoms with Crippen molar-refractivity contribution in [3.63, 3.8) is 0 Å². The van der Waals surface area contributed by atoms with Crippen LogP contribution in [0.15, 0.2) is 12.1 Å². The smallest absolute Gasteiger partial charge is 0.167 e. The molecule has 0 radical (unpaired) electrons. The number of Topliss-reactive ketones (excluding diaryl/α,β-unsaturated/α-hetero) is 1. The van der Waals surface area contributed by atoms with Crippen molar-refractivity contribution < 1.29 is 13.6 Å². The lowest BCUT2D eigenvalue weighted by Gasteiger charge is -2.02. The summed E-state index contributed by atoms with van der Waals surface area (Å²) < 4.78 is 25.5. The second-order valence-electron chi connectivity index (χ2n) is 2.52. The third kappa shape index (κ3) is 2.04. The lowest BCUT2D eigenvalue weighted by molar-refractivity contribution is 0.0984. The van der Waals surface area contributed by atoms with E-state index in [2.05, 4.69) is 0 Å². The molecule has 4 heteroatoms. The van der Waals surface area contributed by atoms with Gasteiger partial charge in [-0.15, -0.1) is 0 Å². The maximum Gasteiger partial charge on any atom is 0.167 e. The van der Waals surface area contributed by atoms with Gasteiger partial charge in [0, 0.05) is 12.5 Å². The van der Waals surface area contributed by atoms with Gasteiger partial charge >= 0.3 is 0 Å². The van der Waals surface area contributed by atoms with Gasteiger partial charge in [-0.3, -0.25) is 4.79 Å². The number of carbonyl (C=O) groups is 1. The van der Waals surface area contributed by atoms with Crippen LogP contribution in [0.2, 0.25) is 5.02 Å². The van der Waals surface area contributed by atoms with Gasteiger partial charge in [0.1, 0.15) is 11.6 Å². The quantitative estimate of drug-likeness (QED) is 0.676. The van der Waals surface area contributed by atoms with Crippen molar-refractivity contribution in [2.75, 3.05) is 0 Å². The highest BCUT2D eigenvalue weighted by atomic mass is 35.5. The molecule has 0 aromatic heterocycles. The Bertz CT molecular complexity index is 326. The zero-order valence-corrected chi connectivity index (χ0v) is 7.66. The van der Waals surface area contributed by atoms with E-state index in [1.54, 1.807) is 6.92 Å². The molecule has 1 nitrogen and oxygen atoms in total. The molecule has 13 heavy (non-hydrogen) atoms. The minimum Gasteiger partial charge on any atom is -0.294 e. The summed E-state index contributed by atoms with van der Waals surface area (Å²) in [6.07, 6.45) is 0.141. The van der Waals surface area contributed by atoms with E-state index >= 15 is 0 Å². The Morgan fingerprint density at radius 3 is 2.54 bits per heavy atom. The number of carbonyl (C=O) groups excluding carboxylic acids is 1. The largest absolute Gasteiger partial charge is 0.294 e. The predicted octanol–water partition coefficient (Wildman–Crippen LogP) is 3.21. The topological polar surface area (TPSA) is 17.1 Å². The van der Waals surface area contributed by atoms with Crippen molar-refractivity contribution >= 4 is 17.4 Å². The van der Waals surface area contributed by atoms with Crippen LogP contribution in [0.5, 0.6) is 0 Å². The Hall–Kier alpha value is -0.960. The Labute approximate surface area is 79.3 Å². The Kier molecular flexibility index (Phi) is 2.98. The second-order valence-corrected chi connectivity index (χ2v) is 2.93. The highest BCUT2D eigenvalue weighted by Crippen LogP contribution is 2.22. The van der Waals surface area contributed by atoms with Crippen LogP contribution in [-0.4, -0.2) is 5.78 Å². The molecule has 0 spiro atoms. The molecule has 0 aliphatic rings. The normalized spacial score (nSPS) is 10.2. The molecule has 0 saturated carbocycles. The lowest BCUT2D eigenvalue weighted by Crippen LogP contribution is -2.02. The maximum atomic E-state index is 13.0. The van der Waals surface area contributed by atoms with Crippen molar-refractivity contribution in [2.24, 2.45) is 0 Å². The number of benzene rings is 1. The highest BCUT2D eigenvalue weighted by molar-refractivity contribution is 6.34. The van der Waals surface area contributed by atoms with Gasteiger partial charge in [0.2, 0.25) is 0 Å². The molecule has 1 aromatic carbocycles. The molecule has 1 rings (SSSR count). The number of halogens is 3. The maximum absolute atomic E-state index is 13.0. The fourth-order valence-electron chi connectivity index (χ4n) is 0.985. The predicted molar refractivity (Wildman–Crippen MR) is 46.0 cm³/mol. The molecule has 0 aliphatic carbocycles. The van der Waals surface area contributed by atoms with E-state index in [0.717, 1.165) is 6.07 Å². The minimum absolute atomic E-state index is 0.141. The fraction of sp³-hybridized carbons (Fsp3) is 0.222. The minimum atomic E-state index is -0.906. The van der Waals surface area contributed by atoms with Crippen LogP contribution in [0.25, 0.3) is 0 Å². The van der Waals surface area contributed by atoms with E-state index in [-0.39, 0.29) is 17.0 Å². The molecule has 70 valence electrons. The Balaban J connectivity index is 3.28. The third-order valence-electron chi connectivity index (χ3n) is 1.61. The fourth-order valence-corrected chi connectivity index (χ4v) is 1.29. The zero-order chi connectivity index (χ0) is 10.0. The number of hydrogen-bond acceptors (Lipinski definition) is 1. The molecule has 1 aromatic rings. The monoisotopic (exact) mass is 204 g/mol. The highest BCUT2D eigenvalue weighted by Gasteiger charge is 2.15. The van der Waals surface area contributed by atoms with Gasteiger partial charge < -0.3 is 0 Å². The number of ketones is 1. The van der Waals surface area contributed by atoms with Crippen LogP contribution in [0.1, 0.15) is 23.7 Å². The molecule has 0 amide bonds. The molecule has 0 aliphatic heterocycles. The van der Waals surface area contributed by atoms with Crippen molar-refractivity contribution in [2.45, 2.75) is 13.3 Å². The summed E-state index contributed by atoms with van der Waals surface area (Å²) in [5.41, 5.74) is -0.231. The van der Waals surface area contributed by atoms with Gasteiger partial charge in [-0.1, -0.05) is 18.5 Å². The van der Waals surface area contributed by atoms with E-state index in [0.29, 0.717) is 6.07 Å². The summed E-state index contributed by atoms with van der Waals surface area (Å²) in [7, 11) is 0. The molecule has 0 atom stereocenters. The third-order valence-corrected chi connectivity index (χ3v) is 1.90. The van der Waals surface area contributed by atoms with Crippen molar-refractivity contribution in [1.29, 1.82) is 0 Å². The van der Waals surface area contributed by atoms with E-state index in [4.69, 9.17) is 11.6 Å². The van der Waals surface area contributed by atoms with Gasteiger partial charge in [-0.05, 0) is 6.07 Å². The average Bonchev–Trinajstić information content (AvgIpc) is 2.02. The zero-order valence-electron chi connectivity index (χ0n) is 6.90. The first-order valence-electron chi connectivity index (χ1n) is 3.74. The first-order chi connectivity index (χ1) is 6.06. The molecule has 0 fully saturated rings. The Morgan fingerprint density at radius 1 is 1.46 bits per heavy atom. The van der Waals surface area contributed by atoms with Crippen LogP contribution in [0.3, 0.4) is 0 Å². The molecule has 0 bridgehead atoms. The molecule has 0 N–H and O–H groups in total. The molecule has 0 saturated heterocycles. The standard InChI is InChI=1S/C9H7ClF2O/c1-2-8(13)9-6(10)3-5(11)4-7(9)12/h3-4H,2H2,1H3. The van der Waals surface area contributed by atoms with Gasteiger partial charge in [0.15, 0.2) is 5.78 Å². The van der Waals surface area contributed by atoms with Gasteiger partial charge in [-0.2, -0.15) is 0 Å². The Morgan fingerprint density at radius 2 is 2.08 bits per heavy atom. The van der Waals surface area contributed by atoms with Crippen LogP contribution in [0.4, 0.5) is 8.78 Å². The summed E-state index contributed by atoms with van der Waals surface area (Å²) in [6, 6.07) is 1.57. The summed E-state index contributed by atoms with van der Waals surface area (Å²) >= 11 is 5.51. The van der Waals surface area contributed by atoms with Crippen molar-refractivity contribution in [3.8, 4) is 0 Å². The SMILES string of the molecule is CCC(=O)c1c(F)cc(F)cc1Cl. The van der Waals surface area contributed by atoms with Crippen molar-refractivity contribution in [1.82, 2.24) is 0 Å². The van der Waals surface area contributed by atoms with Crippen LogP contribution < -0.4 is 0 Å². The van der Waals surface area contributed by atoms with Crippen LogP contribution in [0, 0.1) is 11.6 Å². The van der Waals surface area contributed by atoms with E-state index < -0.39 is 17.4 Å². The first-order valence-corrected chi connectivity index (χ1v) is 4.11. The summed E-state index contributed by atoms with van der Waals surface area (Å²) in [6.45, 7) is 1.58. The second kappa shape index (κ2) is 3.83. The molecular formula is C9H7ClF2O.